The van der Waals surface area contributed by atoms with E-state index in [1.807, 2.05) is 30.3 Å². The molecule has 0 amide bonds. The second-order valence-electron chi connectivity index (χ2n) is 4.81. The Morgan fingerprint density at radius 1 is 1.26 bits per heavy atom. The van der Waals surface area contributed by atoms with Gasteiger partial charge in [-0.1, -0.05) is 43.7 Å². The van der Waals surface area contributed by atoms with Crippen LogP contribution in [0.3, 0.4) is 0 Å². The van der Waals surface area contributed by atoms with Crippen molar-refractivity contribution in [1.29, 1.82) is 0 Å². The zero-order valence-electron chi connectivity index (χ0n) is 11.8. The van der Waals surface area contributed by atoms with Crippen molar-refractivity contribution in [3.05, 3.63) is 35.9 Å². The van der Waals surface area contributed by atoms with Crippen molar-refractivity contribution in [3.8, 4) is 0 Å². The fourth-order valence-corrected chi connectivity index (χ4v) is 2.26. The standard InChI is InChI=1S/C16H24O3/c1-3-8-14(12-16(18)19-4-2)15(17)11-13-9-6-5-7-10-13/h5-7,9-10,14-15,17H,3-4,8,11-12H2,1-2H3. The number of aliphatic hydroxyl groups is 1. The number of hydrogen-bond donors (Lipinski definition) is 1. The van der Waals surface area contributed by atoms with E-state index in [1.165, 1.54) is 0 Å². The van der Waals surface area contributed by atoms with Crippen LogP contribution < -0.4 is 0 Å². The highest BCUT2D eigenvalue weighted by Gasteiger charge is 2.22. The molecule has 0 fully saturated rings. The molecular formula is C16H24O3. The molecule has 1 rings (SSSR count). The molecule has 1 N–H and O–H groups in total. The first kappa shape index (κ1) is 15.7. The lowest BCUT2D eigenvalue weighted by Crippen LogP contribution is -2.26. The molecule has 0 saturated carbocycles. The Balaban J connectivity index is 2.57. The zero-order chi connectivity index (χ0) is 14.1. The van der Waals surface area contributed by atoms with Gasteiger partial charge in [0.25, 0.3) is 0 Å². The lowest BCUT2D eigenvalue weighted by Gasteiger charge is -2.21. The summed E-state index contributed by atoms with van der Waals surface area (Å²) >= 11 is 0. The Morgan fingerprint density at radius 2 is 1.95 bits per heavy atom. The van der Waals surface area contributed by atoms with Gasteiger partial charge in [0.2, 0.25) is 0 Å². The van der Waals surface area contributed by atoms with Gasteiger partial charge in [-0.2, -0.15) is 0 Å². The van der Waals surface area contributed by atoms with E-state index in [9.17, 15) is 9.90 Å². The SMILES string of the molecule is CCCC(CC(=O)OCC)C(O)Cc1ccccc1. The molecule has 0 radical (unpaired) electrons. The molecule has 106 valence electrons. The molecule has 3 nitrogen and oxygen atoms in total. The third-order valence-corrected chi connectivity index (χ3v) is 3.23. The highest BCUT2D eigenvalue weighted by atomic mass is 16.5. The fraction of sp³-hybridized carbons (Fsp3) is 0.562. The maximum atomic E-state index is 11.6. The van der Waals surface area contributed by atoms with Crippen LogP contribution >= 0.6 is 0 Å². The molecule has 0 aliphatic carbocycles. The quantitative estimate of drug-likeness (QED) is 0.734. The zero-order valence-corrected chi connectivity index (χ0v) is 11.8. The minimum atomic E-state index is -0.494. The summed E-state index contributed by atoms with van der Waals surface area (Å²) in [4.78, 5) is 11.6. The second kappa shape index (κ2) is 8.70. The summed E-state index contributed by atoms with van der Waals surface area (Å²) in [5.74, 6) is -0.239. The minimum Gasteiger partial charge on any atom is -0.466 e. The Morgan fingerprint density at radius 3 is 2.53 bits per heavy atom. The van der Waals surface area contributed by atoms with Gasteiger partial charge in [-0.05, 0) is 31.2 Å². The van der Waals surface area contributed by atoms with Gasteiger partial charge in [-0.3, -0.25) is 4.79 Å². The first-order valence-electron chi connectivity index (χ1n) is 7.05. The maximum absolute atomic E-state index is 11.6. The average molecular weight is 264 g/mol. The van der Waals surface area contributed by atoms with Gasteiger partial charge < -0.3 is 9.84 Å². The monoisotopic (exact) mass is 264 g/mol. The summed E-state index contributed by atoms with van der Waals surface area (Å²) in [6, 6.07) is 9.87. The average Bonchev–Trinajstić information content (AvgIpc) is 2.39. The van der Waals surface area contributed by atoms with Gasteiger partial charge in [-0.25, -0.2) is 0 Å². The Labute approximate surface area is 115 Å². The van der Waals surface area contributed by atoms with E-state index in [4.69, 9.17) is 4.74 Å². The van der Waals surface area contributed by atoms with Crippen LogP contribution in [0.2, 0.25) is 0 Å². The predicted octanol–water partition coefficient (Wildman–Crippen LogP) is 2.96. The summed E-state index contributed by atoms with van der Waals surface area (Å²) in [5.41, 5.74) is 1.10. The fourth-order valence-electron chi connectivity index (χ4n) is 2.26. The van der Waals surface area contributed by atoms with Crippen LogP contribution in [0.5, 0.6) is 0 Å². The van der Waals surface area contributed by atoms with Crippen molar-refractivity contribution in [2.24, 2.45) is 5.92 Å². The Hall–Kier alpha value is -1.35. The molecule has 0 spiro atoms. The highest BCUT2D eigenvalue weighted by molar-refractivity contribution is 5.69. The van der Waals surface area contributed by atoms with Gasteiger partial charge in [-0.15, -0.1) is 0 Å². The molecule has 0 aromatic heterocycles. The number of carbonyl (C=O) groups is 1. The third kappa shape index (κ3) is 5.88. The van der Waals surface area contributed by atoms with E-state index in [-0.39, 0.29) is 11.9 Å². The molecule has 19 heavy (non-hydrogen) atoms. The van der Waals surface area contributed by atoms with Crippen LogP contribution in [0.25, 0.3) is 0 Å². The smallest absolute Gasteiger partial charge is 0.306 e. The van der Waals surface area contributed by atoms with Gasteiger partial charge >= 0.3 is 5.97 Å². The predicted molar refractivity (Wildman–Crippen MR) is 75.8 cm³/mol. The minimum absolute atomic E-state index is 0.0238. The van der Waals surface area contributed by atoms with Crippen molar-refractivity contribution in [2.75, 3.05) is 6.61 Å². The molecule has 0 saturated heterocycles. The summed E-state index contributed by atoms with van der Waals surface area (Å²) in [6.07, 6.45) is 2.19. The van der Waals surface area contributed by atoms with Crippen LogP contribution in [0.4, 0.5) is 0 Å². The van der Waals surface area contributed by atoms with E-state index in [1.54, 1.807) is 6.92 Å². The molecular weight excluding hydrogens is 240 g/mol. The van der Waals surface area contributed by atoms with Crippen molar-refractivity contribution in [2.45, 2.75) is 45.6 Å². The van der Waals surface area contributed by atoms with Crippen LogP contribution in [0.1, 0.15) is 38.7 Å². The number of aliphatic hydroxyl groups excluding tert-OH is 1. The van der Waals surface area contributed by atoms with Crippen LogP contribution in [0, 0.1) is 5.92 Å². The van der Waals surface area contributed by atoms with Crippen molar-refractivity contribution in [1.82, 2.24) is 0 Å². The highest BCUT2D eigenvalue weighted by Crippen LogP contribution is 2.20. The lowest BCUT2D eigenvalue weighted by atomic mass is 9.89. The largest absolute Gasteiger partial charge is 0.466 e. The lowest BCUT2D eigenvalue weighted by molar-refractivity contribution is -0.145. The van der Waals surface area contributed by atoms with Gasteiger partial charge in [0.15, 0.2) is 0 Å². The molecule has 1 aromatic rings. The molecule has 0 heterocycles. The maximum Gasteiger partial charge on any atom is 0.306 e. The van der Waals surface area contributed by atoms with E-state index >= 15 is 0 Å². The molecule has 0 aliphatic heterocycles. The van der Waals surface area contributed by atoms with Crippen molar-refractivity contribution >= 4 is 5.97 Å². The van der Waals surface area contributed by atoms with E-state index < -0.39 is 6.10 Å². The number of esters is 1. The number of hydrogen-bond acceptors (Lipinski definition) is 3. The van der Waals surface area contributed by atoms with E-state index in [0.717, 1.165) is 18.4 Å². The first-order chi connectivity index (χ1) is 9.17. The topological polar surface area (TPSA) is 46.5 Å². The van der Waals surface area contributed by atoms with Crippen LogP contribution in [-0.4, -0.2) is 23.8 Å². The summed E-state index contributed by atoms with van der Waals surface area (Å²) in [7, 11) is 0. The number of carbonyl (C=O) groups excluding carboxylic acids is 1. The summed E-state index contributed by atoms with van der Waals surface area (Å²) in [5, 5.41) is 10.3. The van der Waals surface area contributed by atoms with Gasteiger partial charge in [0, 0.05) is 0 Å². The Bertz CT molecular complexity index is 362. The number of ether oxygens (including phenoxy) is 1. The molecule has 2 atom stereocenters. The van der Waals surface area contributed by atoms with Crippen LogP contribution in [0.15, 0.2) is 30.3 Å². The molecule has 3 heteroatoms. The normalized spacial score (nSPS) is 13.8. The third-order valence-electron chi connectivity index (χ3n) is 3.23. The number of rotatable bonds is 8. The van der Waals surface area contributed by atoms with E-state index in [0.29, 0.717) is 19.4 Å². The van der Waals surface area contributed by atoms with Gasteiger partial charge in [0.1, 0.15) is 0 Å². The summed E-state index contributed by atoms with van der Waals surface area (Å²) in [6.45, 7) is 4.26. The first-order valence-corrected chi connectivity index (χ1v) is 7.05. The van der Waals surface area contributed by atoms with Crippen molar-refractivity contribution in [3.63, 3.8) is 0 Å². The van der Waals surface area contributed by atoms with Crippen LogP contribution in [-0.2, 0) is 16.0 Å². The van der Waals surface area contributed by atoms with Gasteiger partial charge in [0.05, 0.1) is 19.1 Å². The number of benzene rings is 1. The molecule has 0 bridgehead atoms. The second-order valence-corrected chi connectivity index (χ2v) is 4.81. The molecule has 1 aromatic carbocycles. The summed E-state index contributed by atoms with van der Waals surface area (Å²) < 4.78 is 4.97. The molecule has 2 unspecified atom stereocenters. The Kier molecular flexibility index (Phi) is 7.19. The molecule has 0 aliphatic rings. The van der Waals surface area contributed by atoms with Crippen molar-refractivity contribution < 1.29 is 14.6 Å². The van der Waals surface area contributed by atoms with E-state index in [2.05, 4.69) is 6.92 Å².